The fourth-order valence-corrected chi connectivity index (χ4v) is 1.77. The van der Waals surface area contributed by atoms with Gasteiger partial charge >= 0.3 is 0 Å². The summed E-state index contributed by atoms with van der Waals surface area (Å²) in [7, 11) is 0. The van der Waals surface area contributed by atoms with Gasteiger partial charge in [-0.15, -0.1) is 0 Å². The van der Waals surface area contributed by atoms with Gasteiger partial charge in [0, 0.05) is 18.7 Å². The number of nitrogens with one attached hydrogen (secondary N) is 1. The smallest absolute Gasteiger partial charge is 0.161 e. The Bertz CT molecular complexity index is 602. The highest BCUT2D eigenvalue weighted by molar-refractivity contribution is 5.46. The van der Waals surface area contributed by atoms with E-state index in [1.165, 1.54) is 0 Å². The molecule has 0 aliphatic heterocycles. The molecule has 0 amide bonds. The zero-order valence-corrected chi connectivity index (χ0v) is 10.9. The summed E-state index contributed by atoms with van der Waals surface area (Å²) in [6.45, 7) is 2.71. The summed E-state index contributed by atoms with van der Waals surface area (Å²) in [6.07, 6.45) is 0. The van der Waals surface area contributed by atoms with Crippen LogP contribution in [0.3, 0.4) is 0 Å². The van der Waals surface area contributed by atoms with Crippen molar-refractivity contribution in [3.8, 4) is 5.75 Å². The molecule has 0 heterocycles. The van der Waals surface area contributed by atoms with Crippen LogP contribution in [0.25, 0.3) is 0 Å². The predicted molar refractivity (Wildman–Crippen MR) is 71.3 cm³/mol. The molecule has 0 saturated carbocycles. The van der Waals surface area contributed by atoms with Crippen LogP contribution >= 0.6 is 0 Å². The Hall–Kier alpha value is -2.17. The molecule has 0 aromatic heterocycles. The van der Waals surface area contributed by atoms with Crippen molar-refractivity contribution >= 4 is 5.69 Å². The first kappa shape index (κ1) is 14.2. The fraction of sp³-hybridized carbons (Fsp3) is 0.200. The number of rotatable bonds is 5. The average Bonchev–Trinajstić information content (AvgIpc) is 2.42. The van der Waals surface area contributed by atoms with Crippen LogP contribution in [0.5, 0.6) is 5.75 Å². The van der Waals surface area contributed by atoms with E-state index in [1.807, 2.05) is 25.1 Å². The van der Waals surface area contributed by atoms with Crippen molar-refractivity contribution in [2.45, 2.75) is 13.5 Å². The van der Waals surface area contributed by atoms with Crippen molar-refractivity contribution in [2.75, 3.05) is 11.9 Å². The molecule has 0 bridgehead atoms. The zero-order chi connectivity index (χ0) is 14.5. The molecule has 0 spiro atoms. The maximum absolute atomic E-state index is 13.4. The van der Waals surface area contributed by atoms with E-state index in [-0.39, 0.29) is 12.2 Å². The lowest BCUT2D eigenvalue weighted by molar-refractivity contribution is 0.340. The first-order chi connectivity index (χ1) is 9.60. The molecule has 2 aromatic carbocycles. The molecule has 2 nitrogen and oxygen atoms in total. The van der Waals surface area contributed by atoms with Gasteiger partial charge in [-0.25, -0.2) is 13.2 Å². The molecule has 106 valence electrons. The van der Waals surface area contributed by atoms with E-state index in [9.17, 15) is 13.2 Å². The number of hydrogen-bond acceptors (Lipinski definition) is 2. The van der Waals surface area contributed by atoms with Gasteiger partial charge in [0.1, 0.15) is 11.6 Å². The van der Waals surface area contributed by atoms with Gasteiger partial charge in [-0.05, 0) is 24.6 Å². The third kappa shape index (κ3) is 3.44. The summed E-state index contributed by atoms with van der Waals surface area (Å²) in [4.78, 5) is 0. The predicted octanol–water partition coefficient (Wildman–Crippen LogP) is 4.11. The molecule has 0 fully saturated rings. The van der Waals surface area contributed by atoms with Crippen LogP contribution in [0.15, 0.2) is 36.4 Å². The van der Waals surface area contributed by atoms with Crippen molar-refractivity contribution in [3.05, 3.63) is 59.4 Å². The Morgan fingerprint density at radius 1 is 1.00 bits per heavy atom. The normalized spacial score (nSPS) is 10.4. The average molecular weight is 281 g/mol. The first-order valence-corrected chi connectivity index (χ1v) is 6.20. The number of anilines is 1. The van der Waals surface area contributed by atoms with Crippen LogP contribution in [0, 0.1) is 17.5 Å². The maximum Gasteiger partial charge on any atom is 0.161 e. The van der Waals surface area contributed by atoms with Gasteiger partial charge in [0.15, 0.2) is 11.6 Å². The quantitative estimate of drug-likeness (QED) is 0.833. The van der Waals surface area contributed by atoms with Gasteiger partial charge in [-0.1, -0.05) is 12.1 Å². The van der Waals surface area contributed by atoms with E-state index in [0.29, 0.717) is 18.4 Å². The molecular formula is C15H14F3NO. The Kier molecular flexibility index (Phi) is 4.50. The van der Waals surface area contributed by atoms with Crippen LogP contribution < -0.4 is 10.1 Å². The molecule has 0 saturated heterocycles. The number of ether oxygens (including phenoxy) is 1. The van der Waals surface area contributed by atoms with Gasteiger partial charge < -0.3 is 10.1 Å². The summed E-state index contributed by atoms with van der Waals surface area (Å²) >= 11 is 0. The second-order valence-corrected chi connectivity index (χ2v) is 4.18. The van der Waals surface area contributed by atoms with E-state index >= 15 is 0 Å². The van der Waals surface area contributed by atoms with E-state index < -0.39 is 17.5 Å². The molecule has 0 atom stereocenters. The maximum atomic E-state index is 13.4. The standard InChI is InChI=1S/C15H14F3NO/c1-2-20-11-5-3-4-10(6-11)9-19-15-8-13(17)12(16)7-14(15)18/h3-8,19H,2,9H2,1H3. The second-order valence-electron chi connectivity index (χ2n) is 4.18. The van der Waals surface area contributed by atoms with Crippen molar-refractivity contribution in [3.63, 3.8) is 0 Å². The first-order valence-electron chi connectivity index (χ1n) is 6.20. The van der Waals surface area contributed by atoms with Crippen LogP contribution in [0.1, 0.15) is 12.5 Å². The lowest BCUT2D eigenvalue weighted by Gasteiger charge is -2.10. The highest BCUT2D eigenvalue weighted by Crippen LogP contribution is 2.20. The minimum atomic E-state index is -1.20. The summed E-state index contributed by atoms with van der Waals surface area (Å²) in [5.74, 6) is -2.41. The molecule has 0 aliphatic rings. The fourth-order valence-electron chi connectivity index (χ4n) is 1.77. The van der Waals surface area contributed by atoms with Gasteiger partial charge in [-0.3, -0.25) is 0 Å². The van der Waals surface area contributed by atoms with E-state index in [2.05, 4.69) is 5.32 Å². The van der Waals surface area contributed by atoms with E-state index in [1.54, 1.807) is 6.07 Å². The summed E-state index contributed by atoms with van der Waals surface area (Å²) in [5, 5.41) is 2.73. The lowest BCUT2D eigenvalue weighted by atomic mass is 10.2. The van der Waals surface area contributed by atoms with Gasteiger partial charge in [-0.2, -0.15) is 0 Å². The summed E-state index contributed by atoms with van der Waals surface area (Å²) in [5.41, 5.74) is 0.769. The Morgan fingerprint density at radius 3 is 2.50 bits per heavy atom. The Morgan fingerprint density at radius 2 is 1.75 bits per heavy atom. The van der Waals surface area contributed by atoms with Crippen LogP contribution in [0.4, 0.5) is 18.9 Å². The van der Waals surface area contributed by atoms with Crippen LogP contribution in [0.2, 0.25) is 0 Å². The topological polar surface area (TPSA) is 21.3 Å². The van der Waals surface area contributed by atoms with Crippen molar-refractivity contribution in [1.82, 2.24) is 0 Å². The van der Waals surface area contributed by atoms with Crippen LogP contribution in [-0.2, 0) is 6.54 Å². The van der Waals surface area contributed by atoms with Crippen molar-refractivity contribution in [2.24, 2.45) is 0 Å². The van der Waals surface area contributed by atoms with Crippen molar-refractivity contribution in [1.29, 1.82) is 0 Å². The Balaban J connectivity index is 2.08. The molecule has 1 N–H and O–H groups in total. The highest BCUT2D eigenvalue weighted by Gasteiger charge is 2.09. The molecule has 5 heteroatoms. The zero-order valence-electron chi connectivity index (χ0n) is 10.9. The monoisotopic (exact) mass is 281 g/mol. The number of halogens is 3. The second kappa shape index (κ2) is 6.32. The minimum Gasteiger partial charge on any atom is -0.494 e. The molecular weight excluding hydrogens is 267 g/mol. The van der Waals surface area contributed by atoms with Crippen molar-refractivity contribution < 1.29 is 17.9 Å². The number of hydrogen-bond donors (Lipinski definition) is 1. The number of benzene rings is 2. The summed E-state index contributed by atoms with van der Waals surface area (Å²) < 4.78 is 44.6. The van der Waals surface area contributed by atoms with Gasteiger partial charge in [0.2, 0.25) is 0 Å². The van der Waals surface area contributed by atoms with E-state index in [0.717, 1.165) is 11.6 Å². The van der Waals surface area contributed by atoms with Gasteiger partial charge in [0.25, 0.3) is 0 Å². The third-order valence-corrected chi connectivity index (χ3v) is 2.70. The molecule has 20 heavy (non-hydrogen) atoms. The molecule has 0 unspecified atom stereocenters. The molecule has 0 aliphatic carbocycles. The minimum absolute atomic E-state index is 0.0780. The van der Waals surface area contributed by atoms with Gasteiger partial charge in [0.05, 0.1) is 12.3 Å². The lowest BCUT2D eigenvalue weighted by Crippen LogP contribution is -2.03. The largest absolute Gasteiger partial charge is 0.494 e. The SMILES string of the molecule is CCOc1cccc(CNc2cc(F)c(F)cc2F)c1. The molecule has 0 radical (unpaired) electrons. The van der Waals surface area contributed by atoms with E-state index in [4.69, 9.17) is 4.74 Å². The molecule has 2 rings (SSSR count). The highest BCUT2D eigenvalue weighted by atomic mass is 19.2. The molecule has 2 aromatic rings. The summed E-state index contributed by atoms with van der Waals surface area (Å²) in [6, 6.07) is 8.57. The Labute approximate surface area is 115 Å². The van der Waals surface area contributed by atoms with Crippen LogP contribution in [-0.4, -0.2) is 6.61 Å². The third-order valence-electron chi connectivity index (χ3n) is 2.70.